The van der Waals surface area contributed by atoms with Gasteiger partial charge in [-0.1, -0.05) is 204 Å². The zero-order valence-electron chi connectivity index (χ0n) is 59.7. The van der Waals surface area contributed by atoms with Crippen LogP contribution in [0.1, 0.15) is 127 Å². The van der Waals surface area contributed by atoms with Crippen molar-refractivity contribution in [2.45, 2.75) is 71.6 Å². The van der Waals surface area contributed by atoms with Crippen molar-refractivity contribution in [2.75, 3.05) is 33.8 Å². The van der Waals surface area contributed by atoms with Gasteiger partial charge < -0.3 is 46.0 Å². The maximum absolute atomic E-state index is 11.3. The number of amides is 1. The van der Waals surface area contributed by atoms with Crippen molar-refractivity contribution in [3.05, 3.63) is 366 Å². The number of nitriles is 2. The summed E-state index contributed by atoms with van der Waals surface area (Å²) >= 11 is 12.1. The number of nitrogens with zero attached hydrogens (tertiary/aromatic N) is 2. The average molecular weight is 2130 g/mol. The maximum atomic E-state index is 11.3. The van der Waals surface area contributed by atoms with Crippen LogP contribution in [0.2, 0.25) is 0 Å². The molecule has 20 heteroatoms. The second kappa shape index (κ2) is 52.3. The van der Waals surface area contributed by atoms with Crippen molar-refractivity contribution < 1.29 is 23.9 Å². The number of carbonyl (C=O) groups excluding carboxylic acids is 1. The Kier molecular flexibility index (Phi) is 44.6. The Balaban J connectivity index is 0.000000241. The number of allylic oxidation sites excluding steroid dienone is 1. The van der Waals surface area contributed by atoms with Crippen LogP contribution in [-0.2, 0) is 19.1 Å². The van der Waals surface area contributed by atoms with Crippen molar-refractivity contribution in [3.8, 4) is 12.1 Å². The number of nitrogens with two attached hydrogens (primary N) is 1. The first kappa shape index (κ1) is 94.5. The number of alkyl carbamates (subject to hydrolysis) is 1. The molecule has 5 heterocycles. The molecule has 0 fully saturated rings. The third-order valence-electron chi connectivity index (χ3n) is 18.2. The number of fused-ring (bicyclic) bond motifs is 5. The van der Waals surface area contributed by atoms with E-state index in [1.165, 1.54) is 84.2 Å². The van der Waals surface area contributed by atoms with Crippen LogP contribution in [0.15, 0.2) is 310 Å². The Labute approximate surface area is 728 Å². The van der Waals surface area contributed by atoms with Gasteiger partial charge in [-0.25, -0.2) is 4.79 Å². The molecule has 15 aromatic rings. The van der Waals surface area contributed by atoms with Gasteiger partial charge in [-0.3, -0.25) is 0 Å². The number of aromatic nitrogens is 5. The first-order chi connectivity index (χ1) is 52.4. The molecule has 0 aliphatic rings. The topological polar surface area (TPSA) is 203 Å². The summed E-state index contributed by atoms with van der Waals surface area (Å²) in [6.07, 6.45) is 14.4. The molecule has 10 aromatic carbocycles. The van der Waals surface area contributed by atoms with E-state index in [4.69, 9.17) is 16.3 Å². The molecule has 0 aliphatic carbocycles. The van der Waals surface area contributed by atoms with Gasteiger partial charge in [0.2, 0.25) is 0 Å². The number of halogens is 6. The van der Waals surface area contributed by atoms with Crippen molar-refractivity contribution in [1.29, 1.82) is 10.5 Å². The van der Waals surface area contributed by atoms with E-state index >= 15 is 0 Å². The van der Waals surface area contributed by atoms with Gasteiger partial charge in [-0.15, -0.1) is 12.4 Å². The Hall–Kier alpha value is -7.08. The standard InChI is InChI=1S/C19H20N2O2.C18H20N2.C17H18N2.C17H14N2.C17H12N2.3CH4.ClH.5HI.2V/c1-23-19(22)21-12-10-17(14-5-3-2-4-6-14)15-7-8-18-16(13-15)9-11-20-18;1-19-11-10-17(14-5-3-2-4-6-14)15-7-8-18-16(13-15)9-12-20-18;3*18-10-8-16(13-4-2-1-3-5-13)14-6-7-17-15(12-14)9-11-19-17;;;;;;;;;;;/h2-9,11,13,17,20H,10,12H2,1H3,(H,21,22);2-9,12-13,17,19-20H,10-11H2,1H3;1-7,9,11-12,16,19H,8,10,18H2;1-7,9,11-12,16,19H,8H2;1-9,11-12,19H;3*1H4;6*1H;;/q;;;;;;;;;;;;;;+2;+3/p-5/b;;;;16-8-;;;;;;;;;;;. The molecule has 0 spiro atoms. The number of rotatable bonds is 19. The van der Waals surface area contributed by atoms with Gasteiger partial charge in [-0.2, -0.15) is 10.5 Å². The minimum atomic E-state index is -0.391. The fourth-order valence-electron chi connectivity index (χ4n) is 13.1. The zero-order valence-corrected chi connectivity index (χ0v) is 74.1. The quantitative estimate of drug-likeness (QED) is 0.0292. The van der Waals surface area contributed by atoms with E-state index < -0.39 is 6.09 Å². The summed E-state index contributed by atoms with van der Waals surface area (Å²) in [5, 5.41) is 30.2. The van der Waals surface area contributed by atoms with E-state index in [0.29, 0.717) is 40.8 Å². The summed E-state index contributed by atoms with van der Waals surface area (Å²) in [6.45, 7) is 2.28. The number of carbonyl (C=O) groups is 1. The second-order valence-corrected chi connectivity index (χ2v) is 71.9. The third kappa shape index (κ3) is 29.4. The van der Waals surface area contributed by atoms with E-state index in [1.54, 1.807) is 6.08 Å². The number of ether oxygens (including phenoxy) is 1. The number of benzene rings is 10. The van der Waals surface area contributed by atoms with Crippen LogP contribution in [0.4, 0.5) is 4.79 Å². The number of methoxy groups -OCH3 is 1. The van der Waals surface area contributed by atoms with Gasteiger partial charge >= 0.3 is 120 Å². The number of hydrogen-bond acceptors (Lipinski definition) is 6. The zero-order chi connectivity index (χ0) is 75.4. The Morgan fingerprint density at radius 1 is 0.450 bits per heavy atom. The van der Waals surface area contributed by atoms with Gasteiger partial charge in [0.1, 0.15) is 0 Å². The molecular formula is C91H97ClI5N10O2V2. The van der Waals surface area contributed by atoms with Crippen LogP contribution >= 0.6 is 112 Å². The van der Waals surface area contributed by atoms with Crippen LogP contribution in [0, 0.1) is 22.7 Å². The molecule has 0 aliphatic heterocycles. The summed E-state index contributed by atoms with van der Waals surface area (Å²) in [5.74, 6) is 1.20. The van der Waals surface area contributed by atoms with Crippen LogP contribution in [0.25, 0.3) is 60.1 Å². The summed E-state index contributed by atoms with van der Waals surface area (Å²) in [4.78, 5) is 27.1. The molecule has 0 radical (unpaired) electrons. The molecular weight excluding hydrogens is 2040 g/mol. The molecule has 0 saturated heterocycles. The third-order valence-corrected chi connectivity index (χ3v) is 18.2. The van der Waals surface area contributed by atoms with E-state index in [9.17, 15) is 4.79 Å². The number of nitrogens with one attached hydrogen (secondary N) is 7. The summed E-state index contributed by atoms with van der Waals surface area (Å²) < 4.78 is 4.64. The van der Waals surface area contributed by atoms with Crippen molar-refractivity contribution in [1.82, 2.24) is 35.6 Å². The fourth-order valence-corrected chi connectivity index (χ4v) is 13.1. The Morgan fingerprint density at radius 2 is 0.757 bits per heavy atom. The monoisotopic (exact) mass is 2130 g/mol. The van der Waals surface area contributed by atoms with Gasteiger partial charge in [0.25, 0.3) is 0 Å². The summed E-state index contributed by atoms with van der Waals surface area (Å²) in [7, 11) is 4.02. The molecule has 4 unspecified atom stereocenters. The Bertz CT molecular complexity index is 5220. The molecule has 1 amide bonds. The SMILES string of the molecule is C.C.C.CNCCC(c1ccccc1)c1ccc2[nH]ccc2c1.COC(=O)NCCC(c1ccccc1)c1ccc2[nH]ccc2c1.Cl.N#C/C=C(/c1ccccc1)c1ccc2[nH]ccc2c1.N#CCC(c1ccccc1)c1ccc2[nH]ccc2c1.NCCC(c1ccccc1)c1ccc2[nH]ccc2c1.[I][V]([I])[I].[I][V][I]. The predicted molar refractivity (Wildman–Crippen MR) is 509 cm³/mol. The molecule has 0 bridgehead atoms. The molecule has 4 atom stereocenters. The molecule has 9 N–H and O–H groups in total. The molecule has 5 aromatic heterocycles. The predicted octanol–water partition coefficient (Wildman–Crippen LogP) is 26.7. The van der Waals surface area contributed by atoms with Crippen LogP contribution in [-0.4, -0.2) is 64.8 Å². The van der Waals surface area contributed by atoms with Crippen molar-refractivity contribution in [2.24, 2.45) is 5.73 Å². The normalized spacial score (nSPS) is 11.4. The minimum absolute atomic E-state index is 0. The molecule has 12 nitrogen and oxygen atoms in total. The van der Waals surface area contributed by atoms with Gasteiger partial charge in [0, 0.05) is 101 Å². The Morgan fingerprint density at radius 3 is 1.08 bits per heavy atom. The van der Waals surface area contributed by atoms with E-state index in [1.807, 2.05) is 123 Å². The summed E-state index contributed by atoms with van der Waals surface area (Å²) in [6, 6.07) is 99.1. The number of H-pyrrole nitrogens is 5. The second-order valence-electron chi connectivity index (χ2n) is 24.8. The molecule has 111 heavy (non-hydrogen) atoms. The van der Waals surface area contributed by atoms with Crippen LogP contribution in [0.3, 0.4) is 0 Å². The fraction of sp³-hybridized carbons (Fsp3) is 0.176. The summed E-state index contributed by atoms with van der Waals surface area (Å²) in [5.41, 5.74) is 24.9. The molecule has 15 rings (SSSR count). The van der Waals surface area contributed by atoms with E-state index in [-0.39, 0.29) is 51.4 Å². The first-order valence-electron chi connectivity index (χ1n) is 34.9. The molecule has 0 saturated carbocycles. The van der Waals surface area contributed by atoms with Crippen molar-refractivity contribution >= 4 is 178 Å². The number of aromatic amines is 5. The van der Waals surface area contributed by atoms with Crippen molar-refractivity contribution in [3.63, 3.8) is 0 Å². The average Bonchev–Trinajstić information content (AvgIpc) is 1.81. The van der Waals surface area contributed by atoms with E-state index in [2.05, 4.69) is 340 Å². The van der Waals surface area contributed by atoms with Gasteiger partial charge in [0.15, 0.2) is 0 Å². The van der Waals surface area contributed by atoms with Gasteiger partial charge in [-0.05, 0) is 219 Å². The van der Waals surface area contributed by atoms with Crippen LogP contribution < -0.4 is 16.4 Å². The van der Waals surface area contributed by atoms with Gasteiger partial charge in [0.05, 0.1) is 19.2 Å². The van der Waals surface area contributed by atoms with E-state index in [0.717, 1.165) is 64.4 Å². The van der Waals surface area contributed by atoms with Crippen LogP contribution in [0.5, 0.6) is 0 Å². The first-order valence-corrected chi connectivity index (χ1v) is 57.4. The number of hydrogen-bond donors (Lipinski definition) is 8. The molecule has 575 valence electrons.